The standard InChI is InChI=1S/C27H30N2O3/c1-3-28-27(31)24(18-22-13-6-4-7-14-22)29(19-23-15-8-5-9-16-23)26(30)20-32-25-17-11-10-12-21(25)2/h4-17,24H,3,18-20H2,1-2H3,(H,28,31). The number of para-hydroxylation sites is 1. The Morgan fingerprint density at radius 3 is 2.09 bits per heavy atom. The number of nitrogens with zero attached hydrogens (tertiary/aromatic N) is 1. The van der Waals surface area contributed by atoms with Crippen molar-refractivity contribution in [2.45, 2.75) is 32.9 Å². The summed E-state index contributed by atoms with van der Waals surface area (Å²) < 4.78 is 5.83. The highest BCUT2D eigenvalue weighted by Gasteiger charge is 2.30. The molecule has 0 fully saturated rings. The number of hydrogen-bond acceptors (Lipinski definition) is 3. The summed E-state index contributed by atoms with van der Waals surface area (Å²) in [6, 6.07) is 26.4. The van der Waals surface area contributed by atoms with Gasteiger partial charge in [0.25, 0.3) is 5.91 Å². The van der Waals surface area contributed by atoms with Gasteiger partial charge in [-0.25, -0.2) is 0 Å². The lowest BCUT2D eigenvalue weighted by Gasteiger charge is -2.31. The lowest BCUT2D eigenvalue weighted by atomic mass is 10.0. The molecule has 0 aliphatic carbocycles. The van der Waals surface area contributed by atoms with Gasteiger partial charge >= 0.3 is 0 Å². The number of aryl methyl sites for hydroxylation is 1. The second-order valence-electron chi connectivity index (χ2n) is 7.66. The predicted octanol–water partition coefficient (Wildman–Crippen LogP) is 4.15. The molecule has 2 amide bonds. The molecule has 1 unspecified atom stereocenters. The van der Waals surface area contributed by atoms with Gasteiger partial charge in [-0.15, -0.1) is 0 Å². The van der Waals surface area contributed by atoms with Crippen molar-refractivity contribution in [3.63, 3.8) is 0 Å². The zero-order valence-corrected chi connectivity index (χ0v) is 18.7. The molecule has 166 valence electrons. The minimum Gasteiger partial charge on any atom is -0.484 e. The van der Waals surface area contributed by atoms with Gasteiger partial charge in [0.1, 0.15) is 11.8 Å². The molecule has 0 saturated carbocycles. The number of ether oxygens (including phenoxy) is 1. The van der Waals surface area contributed by atoms with Gasteiger partial charge in [-0.05, 0) is 36.6 Å². The van der Waals surface area contributed by atoms with E-state index in [1.807, 2.05) is 98.8 Å². The van der Waals surface area contributed by atoms with E-state index < -0.39 is 6.04 Å². The summed E-state index contributed by atoms with van der Waals surface area (Å²) in [6.45, 7) is 4.50. The molecule has 0 aromatic heterocycles. The van der Waals surface area contributed by atoms with Crippen molar-refractivity contribution in [3.05, 3.63) is 102 Å². The Kier molecular flexibility index (Phi) is 8.44. The van der Waals surface area contributed by atoms with Gasteiger partial charge in [0.15, 0.2) is 6.61 Å². The third kappa shape index (κ3) is 6.45. The Morgan fingerprint density at radius 2 is 1.47 bits per heavy atom. The van der Waals surface area contributed by atoms with Crippen LogP contribution >= 0.6 is 0 Å². The number of rotatable bonds is 10. The summed E-state index contributed by atoms with van der Waals surface area (Å²) in [5.41, 5.74) is 2.91. The summed E-state index contributed by atoms with van der Waals surface area (Å²) >= 11 is 0. The van der Waals surface area contributed by atoms with Crippen LogP contribution in [0.25, 0.3) is 0 Å². The molecule has 0 aliphatic rings. The maximum Gasteiger partial charge on any atom is 0.261 e. The number of hydrogen-bond donors (Lipinski definition) is 1. The summed E-state index contributed by atoms with van der Waals surface area (Å²) in [5, 5.41) is 2.90. The lowest BCUT2D eigenvalue weighted by molar-refractivity contribution is -0.142. The zero-order valence-electron chi connectivity index (χ0n) is 18.7. The largest absolute Gasteiger partial charge is 0.484 e. The van der Waals surface area contributed by atoms with Crippen LogP contribution in [-0.4, -0.2) is 35.9 Å². The second kappa shape index (κ2) is 11.7. The van der Waals surface area contributed by atoms with Crippen LogP contribution in [0, 0.1) is 6.92 Å². The van der Waals surface area contributed by atoms with Crippen molar-refractivity contribution < 1.29 is 14.3 Å². The first kappa shape index (κ1) is 23.1. The fraction of sp³-hybridized carbons (Fsp3) is 0.259. The van der Waals surface area contributed by atoms with E-state index in [4.69, 9.17) is 4.74 Å². The van der Waals surface area contributed by atoms with E-state index in [9.17, 15) is 9.59 Å². The van der Waals surface area contributed by atoms with Gasteiger partial charge < -0.3 is 15.0 Å². The van der Waals surface area contributed by atoms with Gasteiger partial charge in [-0.3, -0.25) is 9.59 Å². The molecule has 0 heterocycles. The van der Waals surface area contributed by atoms with Crippen molar-refractivity contribution in [3.8, 4) is 5.75 Å². The van der Waals surface area contributed by atoms with E-state index in [-0.39, 0.29) is 18.4 Å². The van der Waals surface area contributed by atoms with Crippen molar-refractivity contribution >= 4 is 11.8 Å². The quantitative estimate of drug-likeness (QED) is 0.526. The second-order valence-corrected chi connectivity index (χ2v) is 7.66. The molecule has 0 aliphatic heterocycles. The van der Waals surface area contributed by atoms with Crippen LogP contribution in [0.15, 0.2) is 84.9 Å². The van der Waals surface area contributed by atoms with E-state index in [2.05, 4.69) is 5.32 Å². The number of benzene rings is 3. The molecule has 1 atom stereocenters. The third-order valence-corrected chi connectivity index (χ3v) is 5.26. The third-order valence-electron chi connectivity index (χ3n) is 5.26. The van der Waals surface area contributed by atoms with Crippen LogP contribution in [-0.2, 0) is 22.6 Å². The SMILES string of the molecule is CCNC(=O)C(Cc1ccccc1)N(Cc1ccccc1)C(=O)COc1ccccc1C. The molecular weight excluding hydrogens is 400 g/mol. The smallest absolute Gasteiger partial charge is 0.261 e. The molecule has 5 nitrogen and oxygen atoms in total. The van der Waals surface area contributed by atoms with Crippen LogP contribution in [0.2, 0.25) is 0 Å². The summed E-state index contributed by atoms with van der Waals surface area (Å²) in [4.78, 5) is 28.1. The lowest BCUT2D eigenvalue weighted by Crippen LogP contribution is -2.51. The van der Waals surface area contributed by atoms with Gasteiger partial charge in [-0.2, -0.15) is 0 Å². The first-order valence-corrected chi connectivity index (χ1v) is 10.9. The Labute approximate surface area is 190 Å². The van der Waals surface area contributed by atoms with E-state index in [1.54, 1.807) is 4.90 Å². The molecule has 3 aromatic rings. The molecule has 5 heteroatoms. The molecule has 0 saturated heterocycles. The zero-order chi connectivity index (χ0) is 22.8. The van der Waals surface area contributed by atoms with Crippen molar-refractivity contribution in [1.82, 2.24) is 10.2 Å². The molecule has 0 spiro atoms. The fourth-order valence-electron chi connectivity index (χ4n) is 3.57. The Morgan fingerprint density at radius 1 is 0.875 bits per heavy atom. The number of carbonyl (C=O) groups is 2. The maximum absolute atomic E-state index is 13.4. The average Bonchev–Trinajstić information content (AvgIpc) is 2.82. The number of nitrogens with one attached hydrogen (secondary N) is 1. The monoisotopic (exact) mass is 430 g/mol. The van der Waals surface area contributed by atoms with Crippen molar-refractivity contribution in [2.24, 2.45) is 0 Å². The van der Waals surface area contributed by atoms with E-state index >= 15 is 0 Å². The highest BCUT2D eigenvalue weighted by molar-refractivity contribution is 5.88. The summed E-state index contributed by atoms with van der Waals surface area (Å²) in [6.07, 6.45) is 0.426. The van der Waals surface area contributed by atoms with Crippen LogP contribution in [0.4, 0.5) is 0 Å². The van der Waals surface area contributed by atoms with Crippen molar-refractivity contribution in [2.75, 3.05) is 13.2 Å². The molecule has 3 rings (SSSR count). The summed E-state index contributed by atoms with van der Waals surface area (Å²) in [5.74, 6) is 0.263. The molecule has 1 N–H and O–H groups in total. The normalized spacial score (nSPS) is 11.4. The van der Waals surface area contributed by atoms with Crippen LogP contribution < -0.4 is 10.1 Å². The maximum atomic E-state index is 13.4. The Hall–Kier alpha value is -3.60. The van der Waals surface area contributed by atoms with Gasteiger partial charge in [-0.1, -0.05) is 78.9 Å². The van der Waals surface area contributed by atoms with Crippen LogP contribution in [0.5, 0.6) is 5.75 Å². The molecule has 3 aromatic carbocycles. The Bertz CT molecular complexity index is 1010. The fourth-order valence-corrected chi connectivity index (χ4v) is 3.57. The first-order chi connectivity index (χ1) is 15.6. The molecular formula is C27H30N2O3. The van der Waals surface area contributed by atoms with E-state index in [1.165, 1.54) is 0 Å². The van der Waals surface area contributed by atoms with E-state index in [0.717, 1.165) is 16.7 Å². The predicted molar refractivity (Wildman–Crippen MR) is 126 cm³/mol. The first-order valence-electron chi connectivity index (χ1n) is 10.9. The van der Waals surface area contributed by atoms with Gasteiger partial charge in [0.2, 0.25) is 5.91 Å². The average molecular weight is 431 g/mol. The highest BCUT2D eigenvalue weighted by atomic mass is 16.5. The number of carbonyl (C=O) groups excluding carboxylic acids is 2. The molecule has 32 heavy (non-hydrogen) atoms. The minimum atomic E-state index is -0.648. The van der Waals surface area contributed by atoms with Crippen LogP contribution in [0.3, 0.4) is 0 Å². The van der Waals surface area contributed by atoms with Crippen LogP contribution in [0.1, 0.15) is 23.6 Å². The van der Waals surface area contributed by atoms with Crippen molar-refractivity contribution in [1.29, 1.82) is 0 Å². The van der Waals surface area contributed by atoms with Gasteiger partial charge in [0, 0.05) is 19.5 Å². The summed E-state index contributed by atoms with van der Waals surface area (Å²) in [7, 11) is 0. The van der Waals surface area contributed by atoms with Gasteiger partial charge in [0.05, 0.1) is 0 Å². The number of amides is 2. The highest BCUT2D eigenvalue weighted by Crippen LogP contribution is 2.18. The van der Waals surface area contributed by atoms with E-state index in [0.29, 0.717) is 25.3 Å². The minimum absolute atomic E-state index is 0.137. The molecule has 0 bridgehead atoms. The Balaban J connectivity index is 1.87. The molecule has 0 radical (unpaired) electrons. The number of likely N-dealkylation sites (N-methyl/N-ethyl adjacent to an activating group) is 1. The topological polar surface area (TPSA) is 58.6 Å².